The first-order chi connectivity index (χ1) is 6.43. The number of halogens is 3. The van der Waals surface area contributed by atoms with Crippen LogP contribution in [0.2, 0.25) is 0 Å². The molecule has 0 fully saturated rings. The van der Waals surface area contributed by atoms with Crippen LogP contribution in [0.25, 0.3) is 0 Å². The maximum absolute atomic E-state index is 12.4. The van der Waals surface area contributed by atoms with Crippen LogP contribution in [0.5, 0.6) is 0 Å². The van der Waals surface area contributed by atoms with Gasteiger partial charge in [-0.15, -0.1) is 0 Å². The molecule has 0 heterocycles. The molecule has 0 radical (unpaired) electrons. The third-order valence-corrected chi connectivity index (χ3v) is 3.34. The van der Waals surface area contributed by atoms with Gasteiger partial charge in [-0.2, -0.15) is 0 Å². The van der Waals surface area contributed by atoms with Crippen LogP contribution < -0.4 is 0 Å². The Labute approximate surface area is 94.6 Å². The summed E-state index contributed by atoms with van der Waals surface area (Å²) in [4.78, 5) is 11.1. The summed E-state index contributed by atoms with van der Waals surface area (Å²) in [6, 6.07) is 2.68. The van der Waals surface area contributed by atoms with Crippen molar-refractivity contribution in [2.75, 3.05) is 0 Å². The van der Waals surface area contributed by atoms with Gasteiger partial charge in [0.15, 0.2) is 5.78 Å². The number of Topliss-reactive ketones (excluding diaryl/α,β-unsaturated/α-hetero) is 1. The molecule has 4 heteroatoms. The number of carbonyl (C=O) groups excluding carboxylic acids is 1. The van der Waals surface area contributed by atoms with E-state index in [1.807, 2.05) is 22.6 Å². The molecule has 0 atom stereocenters. The van der Waals surface area contributed by atoms with Crippen molar-refractivity contribution in [1.82, 2.24) is 0 Å². The quantitative estimate of drug-likeness (QED) is 0.601. The molecular weight excluding hydrogens is 301 g/mol. The van der Waals surface area contributed by atoms with E-state index in [0.29, 0.717) is 11.1 Å². The lowest BCUT2D eigenvalue weighted by molar-refractivity contribution is 0.101. The zero-order valence-electron chi connectivity index (χ0n) is 7.77. The van der Waals surface area contributed by atoms with Gasteiger partial charge in [-0.3, -0.25) is 4.79 Å². The third-order valence-electron chi connectivity index (χ3n) is 1.91. The van der Waals surface area contributed by atoms with Crippen molar-refractivity contribution < 1.29 is 13.6 Å². The summed E-state index contributed by atoms with van der Waals surface area (Å²) in [7, 11) is 0. The molecule has 1 nitrogen and oxygen atoms in total. The summed E-state index contributed by atoms with van der Waals surface area (Å²) in [5.41, 5.74) is 1.00. The molecule has 0 amide bonds. The Balaban J connectivity index is 3.35. The number of rotatable bonds is 2. The van der Waals surface area contributed by atoms with Gasteiger partial charge >= 0.3 is 0 Å². The fourth-order valence-corrected chi connectivity index (χ4v) is 1.87. The van der Waals surface area contributed by atoms with Gasteiger partial charge in [0.05, 0.1) is 0 Å². The van der Waals surface area contributed by atoms with Crippen molar-refractivity contribution in [2.24, 2.45) is 0 Å². The Bertz CT molecular complexity index is 375. The smallest absolute Gasteiger partial charge is 0.263 e. The highest BCUT2D eigenvalue weighted by molar-refractivity contribution is 14.1. The average molecular weight is 310 g/mol. The van der Waals surface area contributed by atoms with E-state index in [9.17, 15) is 13.6 Å². The normalized spacial score (nSPS) is 10.7. The van der Waals surface area contributed by atoms with E-state index < -0.39 is 6.43 Å². The van der Waals surface area contributed by atoms with Gasteiger partial charge in [0.25, 0.3) is 6.43 Å². The molecule has 14 heavy (non-hydrogen) atoms. The summed E-state index contributed by atoms with van der Waals surface area (Å²) in [6.45, 7) is 3.10. The topological polar surface area (TPSA) is 17.1 Å². The number of aryl methyl sites for hydroxylation is 1. The van der Waals surface area contributed by atoms with E-state index >= 15 is 0 Å². The lowest BCUT2D eigenvalue weighted by atomic mass is 10.0. The fraction of sp³-hybridized carbons (Fsp3) is 0.300. The van der Waals surface area contributed by atoms with Gasteiger partial charge < -0.3 is 0 Å². The summed E-state index contributed by atoms with van der Waals surface area (Å²) in [6.07, 6.45) is -2.52. The van der Waals surface area contributed by atoms with Crippen LogP contribution in [0, 0.1) is 10.5 Å². The lowest BCUT2D eigenvalue weighted by Gasteiger charge is -2.08. The second-order valence-corrected chi connectivity index (χ2v) is 4.13. The van der Waals surface area contributed by atoms with Gasteiger partial charge in [0.1, 0.15) is 0 Å². The van der Waals surface area contributed by atoms with Gasteiger partial charge in [-0.05, 0) is 54.1 Å². The highest BCUT2D eigenvalue weighted by Crippen LogP contribution is 2.26. The van der Waals surface area contributed by atoms with E-state index in [-0.39, 0.29) is 11.3 Å². The van der Waals surface area contributed by atoms with E-state index in [1.165, 1.54) is 19.1 Å². The van der Waals surface area contributed by atoms with Crippen LogP contribution in [-0.4, -0.2) is 5.78 Å². The molecule has 0 aliphatic carbocycles. The van der Waals surface area contributed by atoms with Crippen molar-refractivity contribution in [3.63, 3.8) is 0 Å². The van der Waals surface area contributed by atoms with Crippen LogP contribution in [-0.2, 0) is 0 Å². The Hall–Kier alpha value is -0.520. The Morgan fingerprint density at radius 3 is 2.43 bits per heavy atom. The maximum Gasteiger partial charge on any atom is 0.263 e. The van der Waals surface area contributed by atoms with E-state index in [2.05, 4.69) is 0 Å². The lowest BCUT2D eigenvalue weighted by Crippen LogP contribution is -2.01. The number of hydrogen-bond donors (Lipinski definition) is 0. The summed E-state index contributed by atoms with van der Waals surface area (Å²) in [5, 5.41) is 0. The molecule has 0 saturated heterocycles. The maximum atomic E-state index is 12.4. The SMILES string of the molecule is CC(=O)c1cc(C(F)F)cc(C)c1I. The van der Waals surface area contributed by atoms with Crippen LogP contribution in [0.1, 0.15) is 34.8 Å². The average Bonchev–Trinajstić information content (AvgIpc) is 2.08. The van der Waals surface area contributed by atoms with Crippen LogP contribution in [0.3, 0.4) is 0 Å². The number of alkyl halides is 2. The molecule has 0 saturated carbocycles. The minimum atomic E-state index is -2.52. The summed E-state index contributed by atoms with van der Waals surface area (Å²) >= 11 is 1.99. The Morgan fingerprint density at radius 2 is 2.00 bits per heavy atom. The minimum Gasteiger partial charge on any atom is -0.294 e. The van der Waals surface area contributed by atoms with Crippen molar-refractivity contribution in [2.45, 2.75) is 20.3 Å². The number of hydrogen-bond acceptors (Lipinski definition) is 1. The first kappa shape index (κ1) is 11.6. The highest BCUT2D eigenvalue weighted by atomic mass is 127. The Kier molecular flexibility index (Phi) is 3.58. The zero-order chi connectivity index (χ0) is 10.9. The second kappa shape index (κ2) is 4.33. The first-order valence-corrected chi connectivity index (χ1v) is 5.10. The molecule has 76 valence electrons. The molecule has 0 unspecified atom stereocenters. The van der Waals surface area contributed by atoms with Gasteiger partial charge in [0, 0.05) is 14.7 Å². The fourth-order valence-electron chi connectivity index (χ4n) is 1.18. The number of carbonyl (C=O) groups is 1. The molecule has 0 N–H and O–H groups in total. The minimum absolute atomic E-state index is 0.0897. The molecule has 1 aromatic carbocycles. The largest absolute Gasteiger partial charge is 0.294 e. The van der Waals surface area contributed by atoms with Crippen molar-refractivity contribution in [1.29, 1.82) is 0 Å². The molecule has 1 rings (SSSR count). The predicted octanol–water partition coefficient (Wildman–Crippen LogP) is 3.74. The number of benzene rings is 1. The number of ketones is 1. The molecule has 0 bridgehead atoms. The summed E-state index contributed by atoms with van der Waals surface area (Å²) < 4.78 is 25.6. The highest BCUT2D eigenvalue weighted by Gasteiger charge is 2.14. The predicted molar refractivity (Wildman–Crippen MR) is 58.9 cm³/mol. The van der Waals surface area contributed by atoms with Gasteiger partial charge in [-0.1, -0.05) is 0 Å². The molecule has 0 aromatic heterocycles. The van der Waals surface area contributed by atoms with Crippen molar-refractivity contribution >= 4 is 28.4 Å². The van der Waals surface area contributed by atoms with E-state index in [4.69, 9.17) is 0 Å². The third kappa shape index (κ3) is 2.29. The van der Waals surface area contributed by atoms with Crippen LogP contribution in [0.15, 0.2) is 12.1 Å². The molecule has 0 spiro atoms. The first-order valence-electron chi connectivity index (χ1n) is 4.02. The standard InChI is InChI=1S/C10H9F2IO/c1-5-3-7(10(11)12)4-8(6(2)14)9(5)13/h3-4,10H,1-2H3. The van der Waals surface area contributed by atoms with Crippen LogP contribution >= 0.6 is 22.6 Å². The van der Waals surface area contributed by atoms with Crippen LogP contribution in [0.4, 0.5) is 8.78 Å². The molecule has 0 aliphatic rings. The van der Waals surface area contributed by atoms with Crippen molar-refractivity contribution in [3.8, 4) is 0 Å². The van der Waals surface area contributed by atoms with E-state index in [1.54, 1.807) is 6.92 Å². The van der Waals surface area contributed by atoms with Crippen molar-refractivity contribution in [3.05, 3.63) is 32.4 Å². The van der Waals surface area contributed by atoms with Gasteiger partial charge in [-0.25, -0.2) is 8.78 Å². The molecular formula is C10H9F2IO. The Morgan fingerprint density at radius 1 is 1.43 bits per heavy atom. The molecule has 1 aromatic rings. The molecule has 0 aliphatic heterocycles. The summed E-state index contributed by atoms with van der Waals surface area (Å²) in [5.74, 6) is -0.181. The van der Waals surface area contributed by atoms with E-state index in [0.717, 1.165) is 3.57 Å². The monoisotopic (exact) mass is 310 g/mol. The second-order valence-electron chi connectivity index (χ2n) is 3.06. The van der Waals surface area contributed by atoms with Gasteiger partial charge in [0.2, 0.25) is 0 Å². The zero-order valence-corrected chi connectivity index (χ0v) is 9.93.